The minimum atomic E-state index is -0.874. The van der Waals surface area contributed by atoms with Gasteiger partial charge in [-0.15, -0.1) is 0 Å². The highest BCUT2D eigenvalue weighted by molar-refractivity contribution is 5.88. The van der Waals surface area contributed by atoms with Gasteiger partial charge in [-0.3, -0.25) is 4.79 Å². The number of allylic oxidation sites excluding steroid dienone is 2. The summed E-state index contributed by atoms with van der Waals surface area (Å²) in [5, 5.41) is 19.5. The van der Waals surface area contributed by atoms with E-state index >= 15 is 0 Å². The van der Waals surface area contributed by atoms with Gasteiger partial charge in [0.05, 0.1) is 11.0 Å². The molecule has 4 heteroatoms. The molecular weight excluding hydrogens is 448 g/mol. The van der Waals surface area contributed by atoms with Gasteiger partial charge in [-0.25, -0.2) is 4.79 Å². The van der Waals surface area contributed by atoms with Gasteiger partial charge in [0.25, 0.3) is 0 Å². The van der Waals surface area contributed by atoms with Crippen LogP contribution < -0.4 is 0 Å². The summed E-state index contributed by atoms with van der Waals surface area (Å²) in [6.07, 6.45) is 13.7. The summed E-state index contributed by atoms with van der Waals surface area (Å²) in [5.41, 5.74) is 2.78. The molecule has 6 rings (SSSR count). The lowest BCUT2D eigenvalue weighted by Crippen LogP contribution is -2.57. The first kappa shape index (κ1) is 24.2. The van der Waals surface area contributed by atoms with Crippen LogP contribution in [0, 0.1) is 51.8 Å². The summed E-state index contributed by atoms with van der Waals surface area (Å²) in [5.74, 6) is 2.44. The van der Waals surface area contributed by atoms with Gasteiger partial charge in [0, 0.05) is 0 Å². The van der Waals surface area contributed by atoms with E-state index in [0.29, 0.717) is 29.2 Å². The summed E-state index contributed by atoms with van der Waals surface area (Å²) < 4.78 is 0. The lowest BCUT2D eigenvalue weighted by molar-refractivity contribution is -0.166. The molecule has 194 valence electrons. The van der Waals surface area contributed by atoms with E-state index in [1.807, 2.05) is 12.1 Å². The molecule has 0 aromatic heterocycles. The van der Waals surface area contributed by atoms with E-state index in [-0.39, 0.29) is 10.8 Å². The summed E-state index contributed by atoms with van der Waals surface area (Å²) >= 11 is 0. The van der Waals surface area contributed by atoms with Crippen LogP contribution in [-0.2, 0) is 4.79 Å². The van der Waals surface area contributed by atoms with Crippen molar-refractivity contribution in [2.45, 2.75) is 85.0 Å². The van der Waals surface area contributed by atoms with Gasteiger partial charge in [0.1, 0.15) is 0 Å². The number of aromatic carboxylic acids is 1. The summed E-state index contributed by atoms with van der Waals surface area (Å²) in [6, 6.07) is 7.47. The van der Waals surface area contributed by atoms with Crippen molar-refractivity contribution in [2.75, 3.05) is 0 Å². The van der Waals surface area contributed by atoms with E-state index in [9.17, 15) is 19.8 Å². The highest BCUT2D eigenvalue weighted by Gasteiger charge is 2.63. The maximum atomic E-state index is 12.4. The van der Waals surface area contributed by atoms with E-state index < -0.39 is 17.4 Å². The van der Waals surface area contributed by atoms with Gasteiger partial charge in [-0.05, 0) is 127 Å². The van der Waals surface area contributed by atoms with Gasteiger partial charge < -0.3 is 10.2 Å². The maximum Gasteiger partial charge on any atom is 0.335 e. The van der Waals surface area contributed by atoms with Gasteiger partial charge in [-0.1, -0.05) is 45.4 Å². The third-order valence-corrected chi connectivity index (χ3v) is 12.3. The second-order valence-electron chi connectivity index (χ2n) is 13.7. The van der Waals surface area contributed by atoms with Gasteiger partial charge in [-0.2, -0.15) is 0 Å². The highest BCUT2D eigenvalue weighted by atomic mass is 16.4. The fraction of sp³-hybridized carbons (Fsp3) is 0.688. The second kappa shape index (κ2) is 8.20. The fourth-order valence-corrected chi connectivity index (χ4v) is 10.9. The first-order chi connectivity index (χ1) is 17.1. The molecule has 0 saturated heterocycles. The minimum Gasteiger partial charge on any atom is -0.481 e. The smallest absolute Gasteiger partial charge is 0.335 e. The molecule has 8 atom stereocenters. The van der Waals surface area contributed by atoms with E-state index in [1.165, 1.54) is 31.3 Å². The fourth-order valence-electron chi connectivity index (χ4n) is 10.9. The van der Waals surface area contributed by atoms with Crippen LogP contribution in [0.15, 0.2) is 30.3 Å². The molecule has 1 aromatic carbocycles. The first-order valence-electron chi connectivity index (χ1n) is 14.4. The molecule has 5 aliphatic rings. The Morgan fingerprint density at radius 2 is 1.50 bits per heavy atom. The average molecular weight is 491 g/mol. The van der Waals surface area contributed by atoms with Crippen LogP contribution in [0.25, 0.3) is 5.57 Å². The Morgan fingerprint density at radius 3 is 2.19 bits per heavy atom. The Bertz CT molecular complexity index is 1100. The van der Waals surface area contributed by atoms with Crippen LogP contribution in [0.1, 0.15) is 101 Å². The Labute approximate surface area is 215 Å². The van der Waals surface area contributed by atoms with Crippen molar-refractivity contribution in [1.29, 1.82) is 0 Å². The molecule has 0 spiro atoms. The Morgan fingerprint density at radius 1 is 0.806 bits per heavy atom. The quantitative estimate of drug-likeness (QED) is 0.459. The number of benzene rings is 1. The lowest BCUT2D eigenvalue weighted by atomic mass is 9.40. The van der Waals surface area contributed by atoms with E-state index in [2.05, 4.69) is 26.8 Å². The van der Waals surface area contributed by atoms with Crippen LogP contribution in [0.4, 0.5) is 0 Å². The summed E-state index contributed by atoms with van der Waals surface area (Å²) in [6.45, 7) is 7.40. The molecule has 1 aromatic rings. The normalized spacial score (nSPS) is 42.8. The summed E-state index contributed by atoms with van der Waals surface area (Å²) in [7, 11) is 0. The van der Waals surface area contributed by atoms with Crippen molar-refractivity contribution in [2.24, 2.45) is 51.8 Å². The number of aliphatic carboxylic acids is 1. The average Bonchev–Trinajstić information content (AvgIpc) is 3.30. The monoisotopic (exact) mass is 490 g/mol. The Kier molecular flexibility index (Phi) is 5.52. The molecular formula is C32H42O4. The largest absolute Gasteiger partial charge is 0.481 e. The van der Waals surface area contributed by atoms with Crippen LogP contribution in [0.5, 0.6) is 0 Å². The van der Waals surface area contributed by atoms with E-state index in [4.69, 9.17) is 0 Å². The van der Waals surface area contributed by atoms with Crippen molar-refractivity contribution in [3.63, 3.8) is 0 Å². The predicted molar refractivity (Wildman–Crippen MR) is 140 cm³/mol. The molecule has 4 saturated carbocycles. The zero-order valence-electron chi connectivity index (χ0n) is 22.1. The van der Waals surface area contributed by atoms with Gasteiger partial charge in [0.2, 0.25) is 0 Å². The number of carboxylic acid groups (broad SMARTS) is 2. The van der Waals surface area contributed by atoms with Crippen molar-refractivity contribution < 1.29 is 19.8 Å². The first-order valence-corrected chi connectivity index (χ1v) is 14.4. The van der Waals surface area contributed by atoms with E-state index in [1.54, 1.807) is 12.1 Å². The molecule has 36 heavy (non-hydrogen) atoms. The van der Waals surface area contributed by atoms with Crippen LogP contribution in [0.2, 0.25) is 0 Å². The van der Waals surface area contributed by atoms with Gasteiger partial charge in [0.15, 0.2) is 0 Å². The number of carbonyl (C=O) groups is 2. The molecule has 0 aliphatic heterocycles. The number of rotatable bonds is 3. The summed E-state index contributed by atoms with van der Waals surface area (Å²) in [4.78, 5) is 23.7. The zero-order chi connectivity index (χ0) is 25.5. The molecule has 0 heterocycles. The Hall–Kier alpha value is -2.10. The number of carboxylic acids is 2. The molecule has 5 aliphatic carbocycles. The third-order valence-electron chi connectivity index (χ3n) is 12.3. The Balaban J connectivity index is 1.29. The predicted octanol–water partition coefficient (Wildman–Crippen LogP) is 7.54. The molecule has 4 nitrogen and oxygen atoms in total. The molecule has 0 radical (unpaired) electrons. The van der Waals surface area contributed by atoms with Gasteiger partial charge >= 0.3 is 11.9 Å². The standard InChI is InChI=1S/C32H42O4/c1-30(2)24(19-6-8-20(9-7-19)28(33)34)15-17-31(3)25-12-10-23-21(22(25)11-13-27(30)31)14-18-32(29(35)36)16-4-5-26(23)32/h6-9,15,21-23,25-27H,4-5,10-14,16-18H2,1-3H3,(H,33,34)(H,35,36)/t21?,22?,23?,25?,26?,27?,31-,32+/m1/s1. The number of fused-ring (bicyclic) bond motifs is 7. The van der Waals surface area contributed by atoms with Crippen LogP contribution >= 0.6 is 0 Å². The molecule has 0 amide bonds. The van der Waals surface area contributed by atoms with Crippen molar-refractivity contribution in [1.82, 2.24) is 0 Å². The topological polar surface area (TPSA) is 74.6 Å². The van der Waals surface area contributed by atoms with Crippen molar-refractivity contribution in [3.05, 3.63) is 41.5 Å². The second-order valence-corrected chi connectivity index (χ2v) is 13.7. The zero-order valence-corrected chi connectivity index (χ0v) is 22.1. The van der Waals surface area contributed by atoms with Crippen LogP contribution in [-0.4, -0.2) is 22.2 Å². The van der Waals surface area contributed by atoms with Crippen molar-refractivity contribution >= 4 is 17.5 Å². The van der Waals surface area contributed by atoms with E-state index in [0.717, 1.165) is 55.9 Å². The van der Waals surface area contributed by atoms with Crippen molar-refractivity contribution in [3.8, 4) is 0 Å². The molecule has 4 fully saturated rings. The molecule has 0 bridgehead atoms. The third kappa shape index (κ3) is 3.24. The molecule has 6 unspecified atom stereocenters. The SMILES string of the molecule is CC1(C)C(c2ccc(C(=O)O)cc2)=CC[C@]2(C)C3CCC4C(CC[C@@]5(C(=O)O)CCCC45)C3CCC12. The minimum absolute atomic E-state index is 0.0377. The highest BCUT2D eigenvalue weighted by Crippen LogP contribution is 2.69. The van der Waals surface area contributed by atoms with Crippen LogP contribution in [0.3, 0.4) is 0 Å². The molecule has 2 N–H and O–H groups in total. The lowest BCUT2D eigenvalue weighted by Gasteiger charge is -2.64. The maximum absolute atomic E-state index is 12.4. The number of hydrogen-bond donors (Lipinski definition) is 2. The number of hydrogen-bond acceptors (Lipinski definition) is 2.